The molecular weight excluding hydrogens is 304 g/mol. The lowest BCUT2D eigenvalue weighted by Gasteiger charge is -2.07. The van der Waals surface area contributed by atoms with Crippen LogP contribution in [-0.2, 0) is 6.54 Å². The van der Waals surface area contributed by atoms with Gasteiger partial charge in [0.25, 0.3) is 5.91 Å². The molecule has 0 aliphatic rings. The third kappa shape index (κ3) is 2.51. The Hall–Kier alpha value is -2.53. The number of hydrogen-bond acceptors (Lipinski definition) is 3. The molecule has 3 aromatic rings. The van der Waals surface area contributed by atoms with Crippen LogP contribution in [-0.4, -0.2) is 10.9 Å². The van der Waals surface area contributed by atoms with Gasteiger partial charge in [-0.3, -0.25) is 9.59 Å². The van der Waals surface area contributed by atoms with Gasteiger partial charge in [-0.05, 0) is 36.8 Å². The first-order valence-corrected chi connectivity index (χ1v) is 7.07. The maximum atomic E-state index is 12.4. The fourth-order valence-electron chi connectivity index (χ4n) is 2.26. The van der Waals surface area contributed by atoms with Gasteiger partial charge < -0.3 is 14.7 Å². The molecule has 22 heavy (non-hydrogen) atoms. The SMILES string of the molecule is Cc1c(Cl)ccc2c(=O)c(C(=O)NCc3ccco3)c[nH]c12. The lowest BCUT2D eigenvalue weighted by atomic mass is 10.1. The first-order valence-electron chi connectivity index (χ1n) is 6.69. The van der Waals surface area contributed by atoms with E-state index in [1.807, 2.05) is 6.92 Å². The molecule has 0 saturated heterocycles. The van der Waals surface area contributed by atoms with Gasteiger partial charge in [-0.2, -0.15) is 0 Å². The summed E-state index contributed by atoms with van der Waals surface area (Å²) in [6, 6.07) is 6.75. The van der Waals surface area contributed by atoms with Crippen LogP contribution in [0, 0.1) is 6.92 Å². The zero-order valence-electron chi connectivity index (χ0n) is 11.8. The van der Waals surface area contributed by atoms with Crippen molar-refractivity contribution in [2.24, 2.45) is 0 Å². The predicted octanol–water partition coefficient (Wildman–Crippen LogP) is 3.01. The molecule has 3 rings (SSSR count). The highest BCUT2D eigenvalue weighted by atomic mass is 35.5. The monoisotopic (exact) mass is 316 g/mol. The van der Waals surface area contributed by atoms with Crippen molar-refractivity contribution in [3.63, 3.8) is 0 Å². The summed E-state index contributed by atoms with van der Waals surface area (Å²) in [5.74, 6) is 0.167. The van der Waals surface area contributed by atoms with E-state index in [-0.39, 0.29) is 17.5 Å². The van der Waals surface area contributed by atoms with Gasteiger partial charge in [-0.1, -0.05) is 11.6 Å². The standard InChI is InChI=1S/C16H13ClN2O3/c1-9-13(17)5-4-11-14(9)18-8-12(15(11)20)16(21)19-7-10-3-2-6-22-10/h2-6,8H,7H2,1H3,(H,18,20)(H,19,21). The molecule has 0 radical (unpaired) electrons. The van der Waals surface area contributed by atoms with E-state index in [4.69, 9.17) is 16.0 Å². The van der Waals surface area contributed by atoms with Gasteiger partial charge in [0.1, 0.15) is 11.3 Å². The lowest BCUT2D eigenvalue weighted by molar-refractivity contribution is 0.0947. The van der Waals surface area contributed by atoms with Crippen LogP contribution in [0.1, 0.15) is 21.7 Å². The highest BCUT2D eigenvalue weighted by Crippen LogP contribution is 2.21. The van der Waals surface area contributed by atoms with Crippen LogP contribution in [0.3, 0.4) is 0 Å². The Bertz CT molecular complexity index is 898. The summed E-state index contributed by atoms with van der Waals surface area (Å²) in [5, 5.41) is 3.66. The number of carbonyl (C=O) groups excluding carboxylic acids is 1. The van der Waals surface area contributed by atoms with E-state index in [2.05, 4.69) is 10.3 Å². The minimum absolute atomic E-state index is 0.0563. The predicted molar refractivity (Wildman–Crippen MR) is 84.2 cm³/mol. The number of aromatic amines is 1. The number of benzene rings is 1. The van der Waals surface area contributed by atoms with Gasteiger partial charge in [0.05, 0.1) is 18.3 Å². The Balaban J connectivity index is 1.94. The van der Waals surface area contributed by atoms with Gasteiger partial charge in [0.2, 0.25) is 5.43 Å². The van der Waals surface area contributed by atoms with E-state index in [1.165, 1.54) is 12.5 Å². The molecular formula is C16H13ClN2O3. The molecule has 1 aromatic carbocycles. The van der Waals surface area contributed by atoms with Crippen LogP contribution in [0.4, 0.5) is 0 Å². The zero-order valence-corrected chi connectivity index (χ0v) is 12.5. The van der Waals surface area contributed by atoms with Crippen LogP contribution >= 0.6 is 11.6 Å². The Kier molecular flexibility index (Phi) is 3.73. The highest BCUT2D eigenvalue weighted by molar-refractivity contribution is 6.32. The van der Waals surface area contributed by atoms with E-state index in [1.54, 1.807) is 24.3 Å². The van der Waals surface area contributed by atoms with E-state index in [9.17, 15) is 9.59 Å². The molecule has 6 heteroatoms. The number of carbonyl (C=O) groups is 1. The fourth-order valence-corrected chi connectivity index (χ4v) is 2.42. The molecule has 0 aliphatic heterocycles. The Morgan fingerprint density at radius 1 is 1.36 bits per heavy atom. The number of aryl methyl sites for hydroxylation is 1. The maximum Gasteiger partial charge on any atom is 0.257 e. The van der Waals surface area contributed by atoms with E-state index in [0.29, 0.717) is 21.7 Å². The molecule has 2 heterocycles. The van der Waals surface area contributed by atoms with Crippen LogP contribution in [0.2, 0.25) is 5.02 Å². The summed E-state index contributed by atoms with van der Waals surface area (Å²) in [5.41, 5.74) is 1.14. The summed E-state index contributed by atoms with van der Waals surface area (Å²) < 4.78 is 5.13. The summed E-state index contributed by atoms with van der Waals surface area (Å²) in [4.78, 5) is 27.6. The van der Waals surface area contributed by atoms with Crippen LogP contribution < -0.4 is 10.7 Å². The van der Waals surface area contributed by atoms with Crippen LogP contribution in [0.5, 0.6) is 0 Å². The molecule has 0 spiro atoms. The molecule has 112 valence electrons. The molecule has 0 aliphatic carbocycles. The van der Waals surface area contributed by atoms with Gasteiger partial charge in [-0.25, -0.2) is 0 Å². The van der Waals surface area contributed by atoms with Gasteiger partial charge in [0.15, 0.2) is 0 Å². The number of amides is 1. The molecule has 0 fully saturated rings. The molecule has 0 bridgehead atoms. The van der Waals surface area contributed by atoms with Crippen molar-refractivity contribution in [3.8, 4) is 0 Å². The topological polar surface area (TPSA) is 75.1 Å². The second kappa shape index (κ2) is 5.69. The second-order valence-corrected chi connectivity index (χ2v) is 5.30. The first kappa shape index (κ1) is 14.4. The number of fused-ring (bicyclic) bond motifs is 1. The maximum absolute atomic E-state index is 12.4. The van der Waals surface area contributed by atoms with Crippen molar-refractivity contribution in [2.45, 2.75) is 13.5 Å². The summed E-state index contributed by atoms with van der Waals surface area (Å²) in [6.45, 7) is 2.04. The molecule has 0 atom stereocenters. The molecule has 0 saturated carbocycles. The van der Waals surface area contributed by atoms with Crippen molar-refractivity contribution in [1.29, 1.82) is 0 Å². The highest BCUT2D eigenvalue weighted by Gasteiger charge is 2.14. The Morgan fingerprint density at radius 3 is 2.91 bits per heavy atom. The number of hydrogen-bond donors (Lipinski definition) is 2. The van der Waals surface area contributed by atoms with Gasteiger partial charge >= 0.3 is 0 Å². The van der Waals surface area contributed by atoms with Crippen molar-refractivity contribution in [3.05, 3.63) is 68.9 Å². The van der Waals surface area contributed by atoms with Gasteiger partial charge in [-0.15, -0.1) is 0 Å². The van der Waals surface area contributed by atoms with Crippen molar-refractivity contribution in [2.75, 3.05) is 0 Å². The molecule has 1 amide bonds. The number of H-pyrrole nitrogens is 1. The Morgan fingerprint density at radius 2 is 2.18 bits per heavy atom. The molecule has 2 N–H and O–H groups in total. The fraction of sp³-hybridized carbons (Fsp3) is 0.125. The normalized spacial score (nSPS) is 10.8. The first-order chi connectivity index (χ1) is 10.6. The Labute approximate surface area is 130 Å². The van der Waals surface area contributed by atoms with Gasteiger partial charge in [0, 0.05) is 16.6 Å². The van der Waals surface area contributed by atoms with Crippen molar-refractivity contribution < 1.29 is 9.21 Å². The number of halogens is 1. The average molecular weight is 317 g/mol. The largest absolute Gasteiger partial charge is 0.467 e. The number of pyridine rings is 1. The number of rotatable bonds is 3. The number of furan rings is 1. The van der Waals surface area contributed by atoms with E-state index in [0.717, 1.165) is 5.56 Å². The van der Waals surface area contributed by atoms with E-state index >= 15 is 0 Å². The molecule has 2 aromatic heterocycles. The molecule has 0 unspecified atom stereocenters. The van der Waals surface area contributed by atoms with Crippen molar-refractivity contribution in [1.82, 2.24) is 10.3 Å². The summed E-state index contributed by atoms with van der Waals surface area (Å²) in [6.07, 6.45) is 2.93. The summed E-state index contributed by atoms with van der Waals surface area (Å²) >= 11 is 6.04. The number of aromatic nitrogens is 1. The average Bonchev–Trinajstić information content (AvgIpc) is 3.02. The third-order valence-corrected chi connectivity index (χ3v) is 3.91. The summed E-state index contributed by atoms with van der Waals surface area (Å²) in [7, 11) is 0. The zero-order chi connectivity index (χ0) is 15.7. The number of nitrogens with one attached hydrogen (secondary N) is 2. The van der Waals surface area contributed by atoms with Crippen molar-refractivity contribution >= 4 is 28.4 Å². The van der Waals surface area contributed by atoms with Crippen LogP contribution in [0.25, 0.3) is 10.9 Å². The quantitative estimate of drug-likeness (QED) is 0.780. The van der Waals surface area contributed by atoms with E-state index < -0.39 is 5.91 Å². The minimum atomic E-state index is -0.452. The lowest BCUT2D eigenvalue weighted by Crippen LogP contribution is -2.28. The molecule has 5 nitrogen and oxygen atoms in total. The smallest absolute Gasteiger partial charge is 0.257 e. The third-order valence-electron chi connectivity index (χ3n) is 3.50. The van der Waals surface area contributed by atoms with Crippen LogP contribution in [0.15, 0.2) is 45.9 Å². The second-order valence-electron chi connectivity index (χ2n) is 4.89. The minimum Gasteiger partial charge on any atom is -0.467 e.